The van der Waals surface area contributed by atoms with Gasteiger partial charge in [-0.25, -0.2) is 4.79 Å². The molecular weight excluding hydrogens is 312 g/mol. The van der Waals surface area contributed by atoms with Crippen LogP contribution < -0.4 is 4.74 Å². The Labute approximate surface area is 153 Å². The highest BCUT2D eigenvalue weighted by Gasteiger charge is 2.01. The van der Waals surface area contributed by atoms with E-state index >= 15 is 0 Å². The predicted molar refractivity (Wildman–Crippen MR) is 104 cm³/mol. The van der Waals surface area contributed by atoms with Crippen molar-refractivity contribution in [3.63, 3.8) is 0 Å². The topological polar surface area (TPSA) is 46.5 Å². The summed E-state index contributed by atoms with van der Waals surface area (Å²) in [4.78, 5) is 10.8. The van der Waals surface area contributed by atoms with Gasteiger partial charge in [-0.05, 0) is 49.9 Å². The van der Waals surface area contributed by atoms with E-state index in [2.05, 4.69) is 19.1 Å². The lowest BCUT2D eigenvalue weighted by Crippen LogP contribution is -1.98. The van der Waals surface area contributed by atoms with Crippen LogP contribution in [-0.4, -0.2) is 17.7 Å². The smallest absolute Gasteiger partial charge is 0.335 e. The lowest BCUT2D eigenvalue weighted by atomic mass is 10.1. The van der Waals surface area contributed by atoms with E-state index < -0.39 is 5.97 Å². The van der Waals surface area contributed by atoms with Gasteiger partial charge in [0.25, 0.3) is 0 Å². The number of aromatic carboxylic acids is 1. The quantitative estimate of drug-likeness (QED) is 0.286. The van der Waals surface area contributed by atoms with Crippen LogP contribution in [0.25, 0.3) is 0 Å². The normalized spacial score (nSPS) is 11.1. The number of hydrogen-bond donors (Lipinski definition) is 1. The largest absolute Gasteiger partial charge is 0.494 e. The second-order valence-corrected chi connectivity index (χ2v) is 6.56. The Bertz CT molecular complexity index is 477. The molecule has 3 heteroatoms. The first-order valence-electron chi connectivity index (χ1n) is 9.85. The zero-order chi connectivity index (χ0) is 18.2. The van der Waals surface area contributed by atoms with Gasteiger partial charge in [-0.1, -0.05) is 64.0 Å². The van der Waals surface area contributed by atoms with E-state index in [1.807, 2.05) is 0 Å². The Morgan fingerprint density at radius 3 is 2.04 bits per heavy atom. The van der Waals surface area contributed by atoms with Crippen molar-refractivity contribution >= 4 is 5.97 Å². The van der Waals surface area contributed by atoms with Crippen molar-refractivity contribution in [3.05, 3.63) is 42.0 Å². The summed E-state index contributed by atoms with van der Waals surface area (Å²) in [7, 11) is 0. The third kappa shape index (κ3) is 11.4. The second kappa shape index (κ2) is 14.6. The number of carboxylic acid groups (broad SMARTS) is 1. The number of benzene rings is 1. The highest BCUT2D eigenvalue weighted by Crippen LogP contribution is 2.13. The summed E-state index contributed by atoms with van der Waals surface area (Å²) in [6.07, 6.45) is 18.7. The molecule has 3 nitrogen and oxygen atoms in total. The van der Waals surface area contributed by atoms with Crippen molar-refractivity contribution in [2.45, 2.75) is 77.6 Å². The molecule has 1 rings (SSSR count). The van der Waals surface area contributed by atoms with Crippen molar-refractivity contribution in [2.24, 2.45) is 0 Å². The fourth-order valence-corrected chi connectivity index (χ4v) is 2.72. The Balaban J connectivity index is 1.92. The Morgan fingerprint density at radius 1 is 0.880 bits per heavy atom. The van der Waals surface area contributed by atoms with Crippen LogP contribution >= 0.6 is 0 Å². The molecule has 0 spiro atoms. The van der Waals surface area contributed by atoms with Gasteiger partial charge in [0.05, 0.1) is 12.2 Å². The third-order valence-electron chi connectivity index (χ3n) is 4.28. The van der Waals surface area contributed by atoms with E-state index in [1.54, 1.807) is 24.3 Å². The molecule has 0 aliphatic rings. The van der Waals surface area contributed by atoms with E-state index in [0.29, 0.717) is 6.61 Å². The number of carboxylic acids is 1. The molecule has 0 fully saturated rings. The first kappa shape index (κ1) is 21.3. The minimum atomic E-state index is -0.909. The van der Waals surface area contributed by atoms with Crippen LogP contribution in [0.3, 0.4) is 0 Å². The fourth-order valence-electron chi connectivity index (χ4n) is 2.72. The van der Waals surface area contributed by atoms with Crippen molar-refractivity contribution in [2.75, 3.05) is 6.61 Å². The van der Waals surface area contributed by atoms with Crippen molar-refractivity contribution in [3.8, 4) is 5.75 Å². The van der Waals surface area contributed by atoms with Crippen LogP contribution in [0.5, 0.6) is 5.75 Å². The molecule has 0 atom stereocenters. The molecule has 0 saturated carbocycles. The molecule has 140 valence electrons. The molecule has 0 amide bonds. The summed E-state index contributed by atoms with van der Waals surface area (Å²) in [6.45, 7) is 2.92. The highest BCUT2D eigenvalue weighted by atomic mass is 16.5. The van der Waals surface area contributed by atoms with Gasteiger partial charge in [0, 0.05) is 0 Å². The summed E-state index contributed by atoms with van der Waals surface area (Å²) < 4.78 is 5.61. The SMILES string of the molecule is CCCCCCCCCC/C=C/CCCOc1ccc(C(=O)O)cc1. The number of hydrogen-bond acceptors (Lipinski definition) is 2. The predicted octanol–water partition coefficient (Wildman–Crippen LogP) is 6.63. The zero-order valence-corrected chi connectivity index (χ0v) is 15.7. The average Bonchev–Trinajstić information content (AvgIpc) is 2.62. The first-order chi connectivity index (χ1) is 12.2. The number of carbonyl (C=O) groups is 1. The third-order valence-corrected chi connectivity index (χ3v) is 4.28. The summed E-state index contributed by atoms with van der Waals surface area (Å²) in [5, 5.41) is 8.84. The van der Waals surface area contributed by atoms with Gasteiger partial charge >= 0.3 is 5.97 Å². The van der Waals surface area contributed by atoms with E-state index in [4.69, 9.17) is 9.84 Å². The maximum atomic E-state index is 10.8. The minimum Gasteiger partial charge on any atom is -0.494 e. The van der Waals surface area contributed by atoms with Gasteiger partial charge in [-0.15, -0.1) is 0 Å². The maximum Gasteiger partial charge on any atom is 0.335 e. The van der Waals surface area contributed by atoms with Crippen LogP contribution in [0, 0.1) is 0 Å². The zero-order valence-electron chi connectivity index (χ0n) is 15.7. The second-order valence-electron chi connectivity index (χ2n) is 6.56. The molecule has 0 saturated heterocycles. The van der Waals surface area contributed by atoms with Gasteiger partial charge in [0.15, 0.2) is 0 Å². The van der Waals surface area contributed by atoms with E-state index in [-0.39, 0.29) is 5.56 Å². The summed E-state index contributed by atoms with van der Waals surface area (Å²) in [6, 6.07) is 6.56. The van der Waals surface area contributed by atoms with Gasteiger partial charge in [0.2, 0.25) is 0 Å². The van der Waals surface area contributed by atoms with Crippen LogP contribution in [0.4, 0.5) is 0 Å². The Morgan fingerprint density at radius 2 is 1.44 bits per heavy atom. The Kier molecular flexibility index (Phi) is 12.4. The lowest BCUT2D eigenvalue weighted by molar-refractivity contribution is 0.0697. The first-order valence-corrected chi connectivity index (χ1v) is 9.85. The van der Waals surface area contributed by atoms with Gasteiger partial charge in [0.1, 0.15) is 5.75 Å². The molecule has 1 aromatic carbocycles. The van der Waals surface area contributed by atoms with Crippen molar-refractivity contribution in [1.29, 1.82) is 0 Å². The molecule has 0 radical (unpaired) electrons. The van der Waals surface area contributed by atoms with E-state index in [0.717, 1.165) is 18.6 Å². The van der Waals surface area contributed by atoms with Crippen LogP contribution in [0.2, 0.25) is 0 Å². The highest BCUT2D eigenvalue weighted by molar-refractivity contribution is 5.87. The Hall–Kier alpha value is -1.77. The van der Waals surface area contributed by atoms with Gasteiger partial charge in [-0.3, -0.25) is 0 Å². The van der Waals surface area contributed by atoms with Crippen LogP contribution in [0.15, 0.2) is 36.4 Å². The van der Waals surface area contributed by atoms with E-state index in [1.165, 1.54) is 57.8 Å². The summed E-state index contributed by atoms with van der Waals surface area (Å²) >= 11 is 0. The summed E-state index contributed by atoms with van der Waals surface area (Å²) in [5.41, 5.74) is 0.288. The fraction of sp³-hybridized carbons (Fsp3) is 0.591. The summed E-state index contributed by atoms with van der Waals surface area (Å²) in [5.74, 6) is -0.180. The molecule has 0 aliphatic heterocycles. The molecule has 1 aromatic rings. The monoisotopic (exact) mass is 346 g/mol. The molecule has 1 N–H and O–H groups in total. The van der Waals surface area contributed by atoms with Crippen molar-refractivity contribution in [1.82, 2.24) is 0 Å². The number of unbranched alkanes of at least 4 members (excludes halogenated alkanes) is 9. The molecule has 0 bridgehead atoms. The molecule has 0 aromatic heterocycles. The number of ether oxygens (including phenoxy) is 1. The maximum absolute atomic E-state index is 10.8. The molecule has 0 unspecified atom stereocenters. The van der Waals surface area contributed by atoms with Crippen LogP contribution in [0.1, 0.15) is 87.9 Å². The van der Waals surface area contributed by atoms with Crippen molar-refractivity contribution < 1.29 is 14.6 Å². The van der Waals surface area contributed by atoms with Gasteiger partial charge < -0.3 is 9.84 Å². The van der Waals surface area contributed by atoms with Crippen LogP contribution in [-0.2, 0) is 0 Å². The number of rotatable bonds is 15. The molecule has 0 heterocycles. The van der Waals surface area contributed by atoms with E-state index in [9.17, 15) is 4.79 Å². The number of allylic oxidation sites excluding steroid dienone is 2. The molecular formula is C22H34O3. The molecule has 0 aliphatic carbocycles. The molecule has 25 heavy (non-hydrogen) atoms. The van der Waals surface area contributed by atoms with Gasteiger partial charge in [-0.2, -0.15) is 0 Å². The standard InChI is InChI=1S/C22H34O3/c1-2-3-4-5-6-7-8-9-10-11-12-13-14-19-25-21-17-15-20(16-18-21)22(23)24/h11-12,15-18H,2-10,13-14,19H2,1H3,(H,23,24)/b12-11+. The lowest BCUT2D eigenvalue weighted by Gasteiger charge is -2.05. The average molecular weight is 347 g/mol. The minimum absolute atomic E-state index is 0.288.